The predicted molar refractivity (Wildman–Crippen MR) is 136 cm³/mol. The second kappa shape index (κ2) is 10.0. The van der Waals surface area contributed by atoms with Crippen molar-refractivity contribution in [2.24, 2.45) is 0 Å². The third-order valence-electron chi connectivity index (χ3n) is 5.38. The fourth-order valence-corrected chi connectivity index (χ4v) is 3.76. The summed E-state index contributed by atoms with van der Waals surface area (Å²) in [6.07, 6.45) is 7.41. The van der Waals surface area contributed by atoms with Gasteiger partial charge in [0.1, 0.15) is 0 Å². The summed E-state index contributed by atoms with van der Waals surface area (Å²) in [4.78, 5) is 9.91. The van der Waals surface area contributed by atoms with E-state index in [0.717, 1.165) is 40.3 Å². The van der Waals surface area contributed by atoms with E-state index in [0.29, 0.717) is 0 Å². The highest BCUT2D eigenvalue weighted by molar-refractivity contribution is 5.78. The maximum Gasteiger partial charge on any atom is 0.160 e. The normalized spacial score (nSPS) is 11.8. The van der Waals surface area contributed by atoms with E-state index in [1.165, 1.54) is 16.7 Å². The van der Waals surface area contributed by atoms with Crippen LogP contribution >= 0.6 is 0 Å². The number of benzene rings is 3. The zero-order chi connectivity index (χ0) is 22.3. The Morgan fingerprint density at radius 3 is 2.06 bits per heavy atom. The molecule has 3 aromatic carbocycles. The molecule has 32 heavy (non-hydrogen) atoms. The van der Waals surface area contributed by atoms with Crippen molar-refractivity contribution in [2.75, 3.05) is 0 Å². The maximum absolute atomic E-state index is 4.98. The summed E-state index contributed by atoms with van der Waals surface area (Å²) in [6.45, 7) is 6.33. The van der Waals surface area contributed by atoms with E-state index >= 15 is 0 Å². The predicted octanol–water partition coefficient (Wildman–Crippen LogP) is 8.16. The van der Waals surface area contributed by atoms with Crippen LogP contribution in [0.2, 0.25) is 0 Å². The highest BCUT2D eigenvalue weighted by Crippen LogP contribution is 2.30. The highest BCUT2D eigenvalue weighted by Gasteiger charge is 2.12. The molecule has 2 nitrogen and oxygen atoms in total. The second-order valence-electron chi connectivity index (χ2n) is 7.84. The summed E-state index contributed by atoms with van der Waals surface area (Å²) in [7, 11) is 0. The van der Waals surface area contributed by atoms with Gasteiger partial charge in [0.15, 0.2) is 5.82 Å². The first kappa shape index (κ1) is 21.5. The van der Waals surface area contributed by atoms with Crippen LogP contribution in [0, 0.1) is 6.92 Å². The van der Waals surface area contributed by atoms with Crippen LogP contribution in [0.3, 0.4) is 0 Å². The van der Waals surface area contributed by atoms with Crippen LogP contribution in [0.25, 0.3) is 39.3 Å². The van der Waals surface area contributed by atoms with Crippen LogP contribution in [-0.2, 0) is 0 Å². The van der Waals surface area contributed by atoms with E-state index in [9.17, 15) is 0 Å². The first-order valence-corrected chi connectivity index (χ1v) is 11.1. The van der Waals surface area contributed by atoms with E-state index in [-0.39, 0.29) is 0 Å². The fourth-order valence-electron chi connectivity index (χ4n) is 3.76. The van der Waals surface area contributed by atoms with Gasteiger partial charge in [-0.2, -0.15) is 0 Å². The molecule has 4 rings (SSSR count). The second-order valence-corrected chi connectivity index (χ2v) is 7.84. The lowest BCUT2D eigenvalue weighted by molar-refractivity contribution is 1.15. The minimum atomic E-state index is 0.741. The molecular weight excluding hydrogens is 388 g/mol. The van der Waals surface area contributed by atoms with Crippen molar-refractivity contribution < 1.29 is 0 Å². The van der Waals surface area contributed by atoms with Gasteiger partial charge in [0.05, 0.1) is 11.4 Å². The average Bonchev–Trinajstić information content (AvgIpc) is 2.85. The molecule has 0 saturated heterocycles. The van der Waals surface area contributed by atoms with E-state index in [1.54, 1.807) is 0 Å². The summed E-state index contributed by atoms with van der Waals surface area (Å²) in [5.74, 6) is 0.741. The van der Waals surface area contributed by atoms with Crippen LogP contribution in [-0.4, -0.2) is 9.97 Å². The maximum atomic E-state index is 4.98. The van der Waals surface area contributed by atoms with Gasteiger partial charge >= 0.3 is 0 Å². The third kappa shape index (κ3) is 4.92. The molecule has 2 heteroatoms. The minimum Gasteiger partial charge on any atom is -0.228 e. The number of nitrogens with zero attached hydrogens (tertiary/aromatic N) is 2. The highest BCUT2D eigenvalue weighted by atomic mass is 14.9. The van der Waals surface area contributed by atoms with E-state index in [1.807, 2.05) is 24.3 Å². The van der Waals surface area contributed by atoms with Gasteiger partial charge in [0, 0.05) is 11.1 Å². The van der Waals surface area contributed by atoms with Gasteiger partial charge < -0.3 is 0 Å². The van der Waals surface area contributed by atoms with Crippen molar-refractivity contribution >= 4 is 5.57 Å². The average molecular weight is 417 g/mol. The largest absolute Gasteiger partial charge is 0.228 e. The summed E-state index contributed by atoms with van der Waals surface area (Å²) in [6, 6.07) is 29.4. The molecule has 0 amide bonds. The van der Waals surface area contributed by atoms with Crippen molar-refractivity contribution in [3.63, 3.8) is 0 Å². The van der Waals surface area contributed by atoms with Crippen LogP contribution in [0.5, 0.6) is 0 Å². The Kier molecular flexibility index (Phi) is 6.72. The van der Waals surface area contributed by atoms with Gasteiger partial charge in [-0.1, -0.05) is 91.9 Å². The summed E-state index contributed by atoms with van der Waals surface area (Å²) < 4.78 is 0. The first-order valence-electron chi connectivity index (χ1n) is 11.1. The summed E-state index contributed by atoms with van der Waals surface area (Å²) in [5.41, 5.74) is 8.68. The molecule has 1 heterocycles. The molecule has 0 spiro atoms. The van der Waals surface area contributed by atoms with Crippen molar-refractivity contribution in [1.29, 1.82) is 0 Å². The monoisotopic (exact) mass is 416 g/mol. The zero-order valence-electron chi connectivity index (χ0n) is 18.9. The molecule has 1 aromatic heterocycles. The van der Waals surface area contributed by atoms with Crippen LogP contribution < -0.4 is 0 Å². The number of aromatic nitrogens is 2. The van der Waals surface area contributed by atoms with Gasteiger partial charge in [-0.15, -0.1) is 0 Å². The van der Waals surface area contributed by atoms with Gasteiger partial charge in [-0.3, -0.25) is 0 Å². The molecule has 0 saturated carbocycles. The lowest BCUT2D eigenvalue weighted by Gasteiger charge is -2.12. The molecule has 0 radical (unpaired) electrons. The molecule has 0 atom stereocenters. The number of allylic oxidation sites excluding steroid dienone is 4. The molecule has 0 bridgehead atoms. The molecule has 0 unspecified atom stereocenters. The Balaban J connectivity index is 1.90. The molecular formula is C30H28N2. The van der Waals surface area contributed by atoms with Gasteiger partial charge in [-0.25, -0.2) is 9.97 Å². The SMILES string of the molecule is C/C=C(\C=C/CC)c1cc(-c2cc(C)cc(-c3ccccc3)c2)nc(-c2ccccc2)n1. The Bertz CT molecular complexity index is 1250. The molecule has 0 fully saturated rings. The first-order chi connectivity index (χ1) is 15.7. The molecule has 0 aliphatic carbocycles. The van der Waals surface area contributed by atoms with Gasteiger partial charge in [0.2, 0.25) is 0 Å². The third-order valence-corrected chi connectivity index (χ3v) is 5.38. The van der Waals surface area contributed by atoms with Gasteiger partial charge in [0.25, 0.3) is 0 Å². The molecule has 0 aliphatic heterocycles. The van der Waals surface area contributed by atoms with E-state index < -0.39 is 0 Å². The smallest absolute Gasteiger partial charge is 0.160 e. The molecule has 0 N–H and O–H groups in total. The van der Waals surface area contributed by atoms with Crippen molar-refractivity contribution in [1.82, 2.24) is 9.97 Å². The number of aryl methyl sites for hydroxylation is 1. The quantitative estimate of drug-likeness (QED) is 0.296. The lowest BCUT2D eigenvalue weighted by Crippen LogP contribution is -1.98. The standard InChI is InChI=1S/C30H28N2/c1-4-6-13-23(5-2)28-21-29(32-30(31-28)25-16-11-8-12-17-25)27-19-22(3)18-26(20-27)24-14-9-7-10-15-24/h5-21H,4H2,1-3H3/b13-6-,23-5+. The van der Waals surface area contributed by atoms with Gasteiger partial charge in [-0.05, 0) is 60.7 Å². The molecule has 0 aliphatic rings. The Hall–Kier alpha value is -3.78. The Morgan fingerprint density at radius 2 is 1.41 bits per heavy atom. The topological polar surface area (TPSA) is 25.8 Å². The van der Waals surface area contributed by atoms with E-state index in [2.05, 4.69) is 99.7 Å². The van der Waals surface area contributed by atoms with Crippen molar-refractivity contribution in [3.8, 4) is 33.8 Å². The minimum absolute atomic E-state index is 0.741. The lowest BCUT2D eigenvalue weighted by atomic mass is 9.98. The summed E-state index contributed by atoms with van der Waals surface area (Å²) in [5, 5.41) is 0. The van der Waals surface area contributed by atoms with Crippen LogP contribution in [0.15, 0.2) is 103 Å². The fraction of sp³-hybridized carbons (Fsp3) is 0.133. The van der Waals surface area contributed by atoms with E-state index in [4.69, 9.17) is 9.97 Å². The zero-order valence-corrected chi connectivity index (χ0v) is 18.9. The Labute approximate surface area is 191 Å². The summed E-state index contributed by atoms with van der Waals surface area (Å²) >= 11 is 0. The molecule has 158 valence electrons. The Morgan fingerprint density at radius 1 is 0.750 bits per heavy atom. The van der Waals surface area contributed by atoms with Crippen LogP contribution in [0.4, 0.5) is 0 Å². The number of hydrogen-bond acceptors (Lipinski definition) is 2. The van der Waals surface area contributed by atoms with Crippen molar-refractivity contribution in [3.05, 3.63) is 114 Å². The number of hydrogen-bond donors (Lipinski definition) is 0. The number of rotatable bonds is 6. The van der Waals surface area contributed by atoms with Crippen LogP contribution in [0.1, 0.15) is 31.5 Å². The molecule has 4 aromatic rings. The van der Waals surface area contributed by atoms with Crippen molar-refractivity contribution in [2.45, 2.75) is 27.2 Å².